The third kappa shape index (κ3) is 4.30. The number of benzene rings is 2. The van der Waals surface area contributed by atoms with Crippen molar-refractivity contribution in [2.75, 3.05) is 0 Å². The predicted molar refractivity (Wildman–Crippen MR) is 100 cm³/mol. The standard InChI is InChI=1S/C21H20N2O4/c1-14-3-7-17(8-4-14)19(24)20-22-11-12-23(20)18-9-5-16(6-10-18)13-27-15(2)21(25)26/h3-12,15H,13H2,1-2H3,(H,25,26). The normalized spacial score (nSPS) is 11.9. The molecular weight excluding hydrogens is 344 g/mol. The number of ketones is 1. The van der Waals surface area contributed by atoms with Gasteiger partial charge in [-0.25, -0.2) is 9.78 Å². The van der Waals surface area contributed by atoms with E-state index in [1.165, 1.54) is 6.92 Å². The molecule has 0 spiro atoms. The number of hydrogen-bond acceptors (Lipinski definition) is 4. The van der Waals surface area contributed by atoms with Crippen LogP contribution in [-0.2, 0) is 16.1 Å². The monoisotopic (exact) mass is 364 g/mol. The SMILES string of the molecule is Cc1ccc(C(=O)c2nccn2-c2ccc(COC(C)C(=O)O)cc2)cc1. The van der Waals surface area contributed by atoms with E-state index in [0.29, 0.717) is 11.4 Å². The van der Waals surface area contributed by atoms with E-state index in [1.54, 1.807) is 29.1 Å². The zero-order valence-corrected chi connectivity index (χ0v) is 15.1. The van der Waals surface area contributed by atoms with Crippen LogP contribution in [0.5, 0.6) is 0 Å². The third-order valence-corrected chi connectivity index (χ3v) is 4.22. The van der Waals surface area contributed by atoms with Gasteiger partial charge in [0.05, 0.1) is 6.61 Å². The van der Waals surface area contributed by atoms with E-state index in [9.17, 15) is 9.59 Å². The molecule has 0 amide bonds. The van der Waals surface area contributed by atoms with Gasteiger partial charge in [0.2, 0.25) is 5.78 Å². The van der Waals surface area contributed by atoms with Gasteiger partial charge in [0.25, 0.3) is 0 Å². The average molecular weight is 364 g/mol. The predicted octanol–water partition coefficient (Wildman–Crippen LogP) is 3.40. The van der Waals surface area contributed by atoms with Crippen molar-refractivity contribution in [1.82, 2.24) is 9.55 Å². The summed E-state index contributed by atoms with van der Waals surface area (Å²) in [4.78, 5) is 27.8. The number of hydrogen-bond donors (Lipinski definition) is 1. The Labute approximate surface area is 157 Å². The average Bonchev–Trinajstić information content (AvgIpc) is 3.16. The van der Waals surface area contributed by atoms with Crippen molar-refractivity contribution in [3.05, 3.63) is 83.4 Å². The molecule has 1 atom stereocenters. The van der Waals surface area contributed by atoms with E-state index in [-0.39, 0.29) is 12.4 Å². The van der Waals surface area contributed by atoms with Crippen LogP contribution in [0.4, 0.5) is 0 Å². The molecular formula is C21H20N2O4. The van der Waals surface area contributed by atoms with Crippen LogP contribution in [0.1, 0.15) is 34.2 Å². The van der Waals surface area contributed by atoms with Gasteiger partial charge in [-0.3, -0.25) is 9.36 Å². The molecule has 0 radical (unpaired) electrons. The summed E-state index contributed by atoms with van der Waals surface area (Å²) in [5.41, 5.74) is 3.31. The van der Waals surface area contributed by atoms with E-state index in [0.717, 1.165) is 16.8 Å². The summed E-state index contributed by atoms with van der Waals surface area (Å²) < 4.78 is 7.01. The maximum Gasteiger partial charge on any atom is 0.332 e. The van der Waals surface area contributed by atoms with Crippen molar-refractivity contribution < 1.29 is 19.4 Å². The summed E-state index contributed by atoms with van der Waals surface area (Å²) in [6, 6.07) is 14.7. The number of carboxylic acid groups (broad SMARTS) is 1. The van der Waals surface area contributed by atoms with Gasteiger partial charge in [-0.2, -0.15) is 0 Å². The molecule has 3 aromatic rings. The lowest BCUT2D eigenvalue weighted by atomic mass is 10.1. The summed E-state index contributed by atoms with van der Waals surface area (Å²) in [6.45, 7) is 3.66. The molecule has 0 saturated carbocycles. The van der Waals surface area contributed by atoms with Crippen LogP contribution < -0.4 is 0 Å². The van der Waals surface area contributed by atoms with Crippen LogP contribution in [0.25, 0.3) is 5.69 Å². The van der Waals surface area contributed by atoms with Gasteiger partial charge in [-0.15, -0.1) is 0 Å². The first-order valence-electron chi connectivity index (χ1n) is 8.54. The minimum absolute atomic E-state index is 0.150. The van der Waals surface area contributed by atoms with Crippen molar-refractivity contribution >= 4 is 11.8 Å². The zero-order valence-electron chi connectivity index (χ0n) is 15.1. The molecule has 1 heterocycles. The van der Waals surface area contributed by atoms with E-state index in [2.05, 4.69) is 4.98 Å². The fraction of sp³-hybridized carbons (Fsp3) is 0.190. The number of carbonyl (C=O) groups is 2. The Balaban J connectivity index is 1.78. The highest BCUT2D eigenvalue weighted by molar-refractivity contribution is 6.07. The number of rotatable bonds is 7. The molecule has 6 nitrogen and oxygen atoms in total. The van der Waals surface area contributed by atoms with Gasteiger partial charge >= 0.3 is 5.97 Å². The zero-order chi connectivity index (χ0) is 19.4. The first-order chi connectivity index (χ1) is 13.0. The highest BCUT2D eigenvalue weighted by Gasteiger charge is 2.16. The number of aliphatic carboxylic acids is 1. The Kier molecular flexibility index (Phi) is 5.47. The van der Waals surface area contributed by atoms with Crippen LogP contribution in [-0.4, -0.2) is 32.5 Å². The van der Waals surface area contributed by atoms with E-state index >= 15 is 0 Å². The lowest BCUT2D eigenvalue weighted by Crippen LogP contribution is -2.19. The number of imidazole rings is 1. The molecule has 138 valence electrons. The molecule has 6 heteroatoms. The Morgan fingerprint density at radius 3 is 2.41 bits per heavy atom. The summed E-state index contributed by atoms with van der Waals surface area (Å²) in [5, 5.41) is 8.85. The highest BCUT2D eigenvalue weighted by Crippen LogP contribution is 2.16. The van der Waals surface area contributed by atoms with Crippen molar-refractivity contribution in [1.29, 1.82) is 0 Å². The Bertz CT molecular complexity index is 943. The smallest absolute Gasteiger partial charge is 0.332 e. The Morgan fingerprint density at radius 1 is 1.11 bits per heavy atom. The number of ether oxygens (including phenoxy) is 1. The molecule has 2 aromatic carbocycles. The van der Waals surface area contributed by atoms with E-state index in [1.807, 2.05) is 43.3 Å². The molecule has 0 aliphatic heterocycles. The number of aryl methyl sites for hydroxylation is 1. The molecule has 0 fully saturated rings. The van der Waals surface area contributed by atoms with Gasteiger partial charge < -0.3 is 9.84 Å². The van der Waals surface area contributed by atoms with Crippen molar-refractivity contribution in [3.8, 4) is 5.69 Å². The molecule has 27 heavy (non-hydrogen) atoms. The second kappa shape index (κ2) is 7.97. The maximum atomic E-state index is 12.8. The van der Waals surface area contributed by atoms with Crippen molar-refractivity contribution in [3.63, 3.8) is 0 Å². The number of nitrogens with zero attached hydrogens (tertiary/aromatic N) is 2. The van der Waals surface area contributed by atoms with E-state index < -0.39 is 12.1 Å². The van der Waals surface area contributed by atoms with E-state index in [4.69, 9.17) is 9.84 Å². The second-order valence-electron chi connectivity index (χ2n) is 6.27. The Hall–Kier alpha value is -3.25. The fourth-order valence-corrected chi connectivity index (χ4v) is 2.56. The number of carboxylic acids is 1. The number of aromatic nitrogens is 2. The summed E-state index contributed by atoms with van der Waals surface area (Å²) >= 11 is 0. The van der Waals surface area contributed by atoms with Gasteiger partial charge in [0.15, 0.2) is 11.9 Å². The van der Waals surface area contributed by atoms with Gasteiger partial charge in [-0.05, 0) is 31.5 Å². The van der Waals surface area contributed by atoms with Crippen LogP contribution in [0.3, 0.4) is 0 Å². The molecule has 0 aliphatic rings. The molecule has 0 aliphatic carbocycles. The topological polar surface area (TPSA) is 81.4 Å². The molecule has 0 bridgehead atoms. The lowest BCUT2D eigenvalue weighted by Gasteiger charge is -2.10. The summed E-state index contributed by atoms with van der Waals surface area (Å²) in [5.74, 6) is -0.811. The first kappa shape index (κ1) is 18.5. The van der Waals surface area contributed by atoms with Crippen LogP contribution in [0, 0.1) is 6.92 Å². The lowest BCUT2D eigenvalue weighted by molar-refractivity contribution is -0.149. The van der Waals surface area contributed by atoms with Crippen LogP contribution in [0.15, 0.2) is 60.9 Å². The van der Waals surface area contributed by atoms with Crippen molar-refractivity contribution in [2.45, 2.75) is 26.6 Å². The van der Waals surface area contributed by atoms with Crippen LogP contribution >= 0.6 is 0 Å². The molecule has 3 rings (SSSR count). The summed E-state index contributed by atoms with van der Waals surface area (Å²) in [7, 11) is 0. The highest BCUT2D eigenvalue weighted by atomic mass is 16.5. The largest absolute Gasteiger partial charge is 0.479 e. The molecule has 1 aromatic heterocycles. The second-order valence-corrected chi connectivity index (χ2v) is 6.27. The first-order valence-corrected chi connectivity index (χ1v) is 8.54. The maximum absolute atomic E-state index is 12.8. The van der Waals surface area contributed by atoms with Gasteiger partial charge in [-0.1, -0.05) is 42.0 Å². The fourth-order valence-electron chi connectivity index (χ4n) is 2.56. The third-order valence-electron chi connectivity index (χ3n) is 4.22. The quantitative estimate of drug-likeness (QED) is 0.650. The van der Waals surface area contributed by atoms with Gasteiger partial charge in [0, 0.05) is 23.6 Å². The van der Waals surface area contributed by atoms with Gasteiger partial charge in [0.1, 0.15) is 0 Å². The Morgan fingerprint density at radius 2 is 1.78 bits per heavy atom. The number of carbonyl (C=O) groups excluding carboxylic acids is 1. The molecule has 1 unspecified atom stereocenters. The minimum Gasteiger partial charge on any atom is -0.479 e. The van der Waals surface area contributed by atoms with Crippen LogP contribution in [0.2, 0.25) is 0 Å². The summed E-state index contributed by atoms with van der Waals surface area (Å²) in [6.07, 6.45) is 2.46. The minimum atomic E-state index is -0.996. The molecule has 1 N–H and O–H groups in total. The molecule has 0 saturated heterocycles. The van der Waals surface area contributed by atoms with Crippen molar-refractivity contribution in [2.24, 2.45) is 0 Å².